The van der Waals surface area contributed by atoms with E-state index in [0.29, 0.717) is 5.56 Å². The molecule has 0 aliphatic carbocycles. The molecule has 134 valence electrons. The number of rotatable bonds is 6. The fraction of sp³-hybridized carbons (Fsp3) is 0.118. The van der Waals surface area contributed by atoms with E-state index in [1.165, 1.54) is 24.3 Å². The number of nitrogens with one attached hydrogen (secondary N) is 3. The molecule has 0 atom stereocenters. The molecule has 8 nitrogen and oxygen atoms in total. The monoisotopic (exact) mass is 372 g/mol. The Morgan fingerprint density at radius 3 is 1.96 bits per heavy atom. The summed E-state index contributed by atoms with van der Waals surface area (Å²) in [5.41, 5.74) is 5.10. The van der Waals surface area contributed by atoms with Gasteiger partial charge in [-0.3, -0.25) is 20.4 Å². The van der Waals surface area contributed by atoms with Crippen molar-refractivity contribution in [3.8, 4) is 6.07 Å². The van der Waals surface area contributed by atoms with Crippen LogP contribution >= 0.6 is 0 Å². The van der Waals surface area contributed by atoms with Crippen LogP contribution in [0.25, 0.3) is 0 Å². The fourth-order valence-electron chi connectivity index (χ4n) is 1.96. The maximum atomic E-state index is 12.0. The summed E-state index contributed by atoms with van der Waals surface area (Å²) in [7, 11) is -3.74. The number of carbonyl (C=O) groups is 2. The van der Waals surface area contributed by atoms with Crippen molar-refractivity contribution >= 4 is 21.8 Å². The molecule has 9 heteroatoms. The smallest absolute Gasteiger partial charge is 0.267 e. The van der Waals surface area contributed by atoms with Gasteiger partial charge in [-0.05, 0) is 36.4 Å². The third-order valence-corrected chi connectivity index (χ3v) is 4.76. The molecule has 0 fully saturated rings. The maximum Gasteiger partial charge on any atom is 0.269 e. The minimum atomic E-state index is -3.74. The van der Waals surface area contributed by atoms with Crippen molar-refractivity contribution in [1.29, 1.82) is 5.26 Å². The van der Waals surface area contributed by atoms with Gasteiger partial charge in [0, 0.05) is 24.1 Å². The van der Waals surface area contributed by atoms with Crippen LogP contribution in [-0.2, 0) is 10.0 Å². The minimum absolute atomic E-state index is 0.00654. The van der Waals surface area contributed by atoms with Gasteiger partial charge < -0.3 is 0 Å². The third-order valence-electron chi connectivity index (χ3n) is 3.28. The first kappa shape index (κ1) is 19.1. The largest absolute Gasteiger partial charge is 0.269 e. The summed E-state index contributed by atoms with van der Waals surface area (Å²) in [6.45, 7) is 0.00654. The zero-order valence-corrected chi connectivity index (χ0v) is 14.4. The molecule has 2 rings (SSSR count). The lowest BCUT2D eigenvalue weighted by molar-refractivity contribution is 0.0846. The Kier molecular flexibility index (Phi) is 6.43. The highest BCUT2D eigenvalue weighted by Gasteiger charge is 2.15. The number of hydrogen-bond acceptors (Lipinski definition) is 5. The van der Waals surface area contributed by atoms with E-state index in [-0.39, 0.29) is 23.4 Å². The molecule has 0 aliphatic rings. The minimum Gasteiger partial charge on any atom is -0.267 e. The normalized spacial score (nSPS) is 10.6. The van der Waals surface area contributed by atoms with E-state index >= 15 is 0 Å². The lowest BCUT2D eigenvalue weighted by atomic mass is 10.2. The number of nitrogens with zero attached hydrogens (tertiary/aromatic N) is 1. The van der Waals surface area contributed by atoms with Crippen LogP contribution in [0, 0.1) is 11.3 Å². The van der Waals surface area contributed by atoms with Gasteiger partial charge >= 0.3 is 0 Å². The highest BCUT2D eigenvalue weighted by molar-refractivity contribution is 7.89. The molecule has 0 saturated heterocycles. The molecular formula is C17H16N4O4S. The van der Waals surface area contributed by atoms with E-state index in [9.17, 15) is 18.0 Å². The van der Waals surface area contributed by atoms with Crippen molar-refractivity contribution in [3.63, 3.8) is 0 Å². The van der Waals surface area contributed by atoms with E-state index < -0.39 is 21.8 Å². The Labute approximate surface area is 150 Å². The first-order valence-corrected chi connectivity index (χ1v) is 9.05. The van der Waals surface area contributed by atoms with Crippen LogP contribution in [0.5, 0.6) is 0 Å². The molecule has 0 aromatic heterocycles. The van der Waals surface area contributed by atoms with Crippen molar-refractivity contribution in [3.05, 3.63) is 65.7 Å². The first-order chi connectivity index (χ1) is 12.4. The predicted molar refractivity (Wildman–Crippen MR) is 93.2 cm³/mol. The Hall–Kier alpha value is -3.22. The van der Waals surface area contributed by atoms with Gasteiger partial charge in [0.15, 0.2) is 0 Å². The lowest BCUT2D eigenvalue weighted by Crippen LogP contribution is -2.41. The van der Waals surface area contributed by atoms with E-state index in [0.717, 1.165) is 0 Å². The van der Waals surface area contributed by atoms with E-state index in [2.05, 4.69) is 15.6 Å². The van der Waals surface area contributed by atoms with E-state index in [4.69, 9.17) is 5.26 Å². The maximum absolute atomic E-state index is 12.0. The highest BCUT2D eigenvalue weighted by Crippen LogP contribution is 2.10. The molecule has 2 aromatic rings. The molecule has 0 heterocycles. The van der Waals surface area contributed by atoms with Gasteiger partial charge in [0.2, 0.25) is 10.0 Å². The van der Waals surface area contributed by atoms with Crippen LogP contribution in [0.4, 0.5) is 0 Å². The van der Waals surface area contributed by atoms with Gasteiger partial charge in [0.25, 0.3) is 11.8 Å². The molecule has 0 spiro atoms. The van der Waals surface area contributed by atoms with E-state index in [1.807, 2.05) is 6.07 Å². The number of carbonyl (C=O) groups excluding carboxylic acids is 2. The molecule has 0 saturated carbocycles. The number of amides is 2. The number of benzene rings is 2. The average molecular weight is 372 g/mol. The number of sulfonamides is 1. The molecule has 0 aliphatic heterocycles. The van der Waals surface area contributed by atoms with Crippen LogP contribution in [-0.4, -0.2) is 26.8 Å². The SMILES string of the molecule is N#CCCNS(=O)(=O)c1ccc(C(=O)NNC(=O)c2ccccc2)cc1. The fourth-order valence-corrected chi connectivity index (χ4v) is 2.99. The summed E-state index contributed by atoms with van der Waals surface area (Å²) >= 11 is 0. The van der Waals surface area contributed by atoms with E-state index in [1.54, 1.807) is 30.3 Å². The third kappa shape index (κ3) is 5.14. The van der Waals surface area contributed by atoms with Crippen molar-refractivity contribution in [2.75, 3.05) is 6.54 Å². The number of hydrazine groups is 1. The zero-order chi connectivity index (χ0) is 19.0. The summed E-state index contributed by atoms with van der Waals surface area (Å²) in [4.78, 5) is 23.9. The van der Waals surface area contributed by atoms with Gasteiger partial charge in [0.05, 0.1) is 11.0 Å². The summed E-state index contributed by atoms with van der Waals surface area (Å²) in [5, 5.41) is 8.43. The molecular weight excluding hydrogens is 356 g/mol. The number of nitriles is 1. The van der Waals surface area contributed by atoms with Crippen LogP contribution in [0.2, 0.25) is 0 Å². The molecule has 0 bridgehead atoms. The quantitative estimate of drug-likeness (QED) is 0.514. The molecule has 2 amide bonds. The first-order valence-electron chi connectivity index (χ1n) is 7.56. The Morgan fingerprint density at radius 2 is 1.42 bits per heavy atom. The van der Waals surface area contributed by atoms with Gasteiger partial charge in [0.1, 0.15) is 0 Å². The van der Waals surface area contributed by atoms with Crippen molar-refractivity contribution < 1.29 is 18.0 Å². The molecule has 26 heavy (non-hydrogen) atoms. The highest BCUT2D eigenvalue weighted by atomic mass is 32.2. The summed E-state index contributed by atoms with van der Waals surface area (Å²) in [6.07, 6.45) is 0.0564. The standard InChI is InChI=1S/C17H16N4O4S/c18-11-4-12-19-26(24,25)15-9-7-14(8-10-15)17(23)21-20-16(22)13-5-2-1-3-6-13/h1-3,5-10,19H,4,12H2,(H,20,22)(H,21,23). The molecule has 3 N–H and O–H groups in total. The second-order valence-corrected chi connectivity index (χ2v) is 6.87. The second-order valence-electron chi connectivity index (χ2n) is 5.10. The Balaban J connectivity index is 1.96. The Bertz CT molecular complexity index is 919. The Morgan fingerprint density at radius 1 is 0.885 bits per heavy atom. The zero-order valence-electron chi connectivity index (χ0n) is 13.6. The molecule has 0 unspecified atom stereocenters. The molecule has 0 radical (unpaired) electrons. The average Bonchev–Trinajstić information content (AvgIpc) is 2.66. The van der Waals surface area contributed by atoms with Gasteiger partial charge in [-0.2, -0.15) is 5.26 Å². The van der Waals surface area contributed by atoms with Gasteiger partial charge in [-0.15, -0.1) is 0 Å². The van der Waals surface area contributed by atoms with Crippen molar-refractivity contribution in [1.82, 2.24) is 15.6 Å². The second kappa shape index (κ2) is 8.75. The van der Waals surface area contributed by atoms with Crippen LogP contribution in [0.1, 0.15) is 27.1 Å². The lowest BCUT2D eigenvalue weighted by Gasteiger charge is -2.08. The van der Waals surface area contributed by atoms with Crippen LogP contribution in [0.3, 0.4) is 0 Å². The van der Waals surface area contributed by atoms with Crippen LogP contribution in [0.15, 0.2) is 59.5 Å². The van der Waals surface area contributed by atoms with Crippen molar-refractivity contribution in [2.45, 2.75) is 11.3 Å². The summed E-state index contributed by atoms with van der Waals surface area (Å²) in [5.74, 6) is -1.06. The summed E-state index contributed by atoms with van der Waals surface area (Å²) in [6, 6.07) is 15.4. The van der Waals surface area contributed by atoms with Gasteiger partial charge in [-0.25, -0.2) is 13.1 Å². The molecule has 2 aromatic carbocycles. The topological polar surface area (TPSA) is 128 Å². The van der Waals surface area contributed by atoms with Crippen LogP contribution < -0.4 is 15.6 Å². The number of hydrogen-bond donors (Lipinski definition) is 3. The van der Waals surface area contributed by atoms with Crippen molar-refractivity contribution in [2.24, 2.45) is 0 Å². The summed E-state index contributed by atoms with van der Waals surface area (Å²) < 4.78 is 26.2. The predicted octanol–water partition coefficient (Wildman–Crippen LogP) is 0.953. The van der Waals surface area contributed by atoms with Gasteiger partial charge in [-0.1, -0.05) is 18.2 Å².